The molecule has 2 amide bonds. The Labute approximate surface area is 263 Å². The Hall–Kier alpha value is -5.05. The molecule has 0 saturated carbocycles. The van der Waals surface area contributed by atoms with E-state index in [0.29, 0.717) is 16.9 Å². The highest BCUT2D eigenvalue weighted by atomic mass is 16.5. The van der Waals surface area contributed by atoms with Gasteiger partial charge in [0.2, 0.25) is 0 Å². The summed E-state index contributed by atoms with van der Waals surface area (Å²) in [7, 11) is 1.32. The Balaban J connectivity index is 1.58. The minimum absolute atomic E-state index is 0.0497. The number of nitrogens with zero attached hydrogens (tertiary/aromatic N) is 3. The number of carbonyl (C=O) groups is 3. The van der Waals surface area contributed by atoms with Crippen molar-refractivity contribution in [3.8, 4) is 22.7 Å². The smallest absolute Gasteiger partial charge is 0.407 e. The van der Waals surface area contributed by atoms with E-state index in [-0.39, 0.29) is 25.6 Å². The molecule has 9 nitrogen and oxygen atoms in total. The fourth-order valence-corrected chi connectivity index (χ4v) is 6.32. The van der Waals surface area contributed by atoms with E-state index < -0.39 is 29.6 Å². The summed E-state index contributed by atoms with van der Waals surface area (Å²) in [5.74, 6) is -0.158. The van der Waals surface area contributed by atoms with Gasteiger partial charge in [-0.25, -0.2) is 9.59 Å². The van der Waals surface area contributed by atoms with Crippen LogP contribution in [-0.2, 0) is 4.74 Å². The number of aromatic nitrogens is 1. The van der Waals surface area contributed by atoms with Crippen molar-refractivity contribution in [2.24, 2.45) is 5.41 Å². The first-order valence-corrected chi connectivity index (χ1v) is 15.0. The van der Waals surface area contributed by atoms with Crippen molar-refractivity contribution in [3.05, 3.63) is 108 Å². The van der Waals surface area contributed by atoms with Crippen LogP contribution in [0.2, 0.25) is 0 Å². The van der Waals surface area contributed by atoms with Gasteiger partial charge in [0, 0.05) is 24.5 Å². The second-order valence-electron chi connectivity index (χ2n) is 12.3. The lowest BCUT2D eigenvalue weighted by Gasteiger charge is -2.51. The molecular formula is C36H39N3O6. The van der Waals surface area contributed by atoms with Gasteiger partial charge in [0.25, 0.3) is 5.91 Å². The van der Waals surface area contributed by atoms with Crippen LogP contribution >= 0.6 is 0 Å². The first kappa shape index (κ1) is 31.4. The maximum absolute atomic E-state index is 14.8. The van der Waals surface area contributed by atoms with Crippen molar-refractivity contribution in [2.45, 2.75) is 39.8 Å². The largest absolute Gasteiger partial charge is 0.491 e. The quantitative estimate of drug-likeness (QED) is 0.239. The highest BCUT2D eigenvalue weighted by Crippen LogP contribution is 2.36. The Morgan fingerprint density at radius 3 is 2.04 bits per heavy atom. The normalized spacial score (nSPS) is 16.7. The SMILES string of the molecule is COC(=O)c1ccc(OCC2C(C(C)(C)C)N(C(=O)O)CCN2C(=O)c2cc(C)n(-c3ccccc3)c2-c2ccccc2)cc1. The minimum Gasteiger partial charge on any atom is -0.491 e. The fourth-order valence-electron chi connectivity index (χ4n) is 6.32. The van der Waals surface area contributed by atoms with Crippen LogP contribution in [0.25, 0.3) is 16.9 Å². The summed E-state index contributed by atoms with van der Waals surface area (Å²) >= 11 is 0. The molecule has 234 valence electrons. The van der Waals surface area contributed by atoms with E-state index in [9.17, 15) is 19.5 Å². The molecule has 2 heterocycles. The van der Waals surface area contributed by atoms with Crippen molar-refractivity contribution in [3.63, 3.8) is 0 Å². The Bertz CT molecular complexity index is 1660. The molecule has 1 saturated heterocycles. The summed E-state index contributed by atoms with van der Waals surface area (Å²) in [4.78, 5) is 42.4. The molecule has 1 aliphatic heterocycles. The van der Waals surface area contributed by atoms with Gasteiger partial charge < -0.3 is 28.9 Å². The lowest BCUT2D eigenvalue weighted by atomic mass is 9.79. The van der Waals surface area contributed by atoms with E-state index in [4.69, 9.17) is 9.47 Å². The number of hydrogen-bond acceptors (Lipinski definition) is 5. The van der Waals surface area contributed by atoms with Gasteiger partial charge in [-0.3, -0.25) is 4.79 Å². The van der Waals surface area contributed by atoms with E-state index >= 15 is 0 Å². The van der Waals surface area contributed by atoms with Crippen LogP contribution in [0, 0.1) is 12.3 Å². The minimum atomic E-state index is -1.04. The monoisotopic (exact) mass is 609 g/mol. The van der Waals surface area contributed by atoms with Crippen LogP contribution in [-0.4, -0.2) is 76.3 Å². The van der Waals surface area contributed by atoms with Crippen LogP contribution in [0.1, 0.15) is 47.2 Å². The van der Waals surface area contributed by atoms with E-state index in [1.54, 1.807) is 29.2 Å². The molecule has 9 heteroatoms. The van der Waals surface area contributed by atoms with Crippen molar-refractivity contribution < 1.29 is 29.0 Å². The number of aryl methyl sites for hydroxylation is 1. The van der Waals surface area contributed by atoms with Crippen molar-refractivity contribution in [1.29, 1.82) is 0 Å². The topological polar surface area (TPSA) is 101 Å². The first-order valence-electron chi connectivity index (χ1n) is 15.0. The molecule has 1 aliphatic rings. The average Bonchev–Trinajstić information content (AvgIpc) is 3.39. The summed E-state index contributed by atoms with van der Waals surface area (Å²) < 4.78 is 13.1. The number of methoxy groups -OCH3 is 1. The molecule has 2 unspecified atom stereocenters. The molecule has 0 aliphatic carbocycles. The molecule has 3 aromatic carbocycles. The molecule has 1 N–H and O–H groups in total. The van der Waals surface area contributed by atoms with Crippen molar-refractivity contribution in [2.75, 3.05) is 26.8 Å². The molecule has 0 spiro atoms. The van der Waals surface area contributed by atoms with Crippen molar-refractivity contribution >= 4 is 18.0 Å². The van der Waals surface area contributed by atoms with Crippen molar-refractivity contribution in [1.82, 2.24) is 14.4 Å². The zero-order valence-electron chi connectivity index (χ0n) is 26.3. The number of hydrogen-bond donors (Lipinski definition) is 1. The Morgan fingerprint density at radius 2 is 1.47 bits per heavy atom. The lowest BCUT2D eigenvalue weighted by Crippen LogP contribution is -2.67. The molecular weight excluding hydrogens is 570 g/mol. The third-order valence-electron chi connectivity index (χ3n) is 8.25. The predicted molar refractivity (Wildman–Crippen MR) is 172 cm³/mol. The average molecular weight is 610 g/mol. The van der Waals surface area contributed by atoms with Gasteiger partial charge in [0.1, 0.15) is 12.4 Å². The summed E-state index contributed by atoms with van der Waals surface area (Å²) in [6, 6.07) is 27.0. The third-order valence-corrected chi connectivity index (χ3v) is 8.25. The molecule has 0 bridgehead atoms. The number of carbonyl (C=O) groups excluding carboxylic acids is 2. The summed E-state index contributed by atoms with van der Waals surface area (Å²) in [6.45, 7) is 8.34. The lowest BCUT2D eigenvalue weighted by molar-refractivity contribution is -0.0278. The highest BCUT2D eigenvalue weighted by Gasteiger charge is 2.47. The van der Waals surface area contributed by atoms with E-state index in [0.717, 1.165) is 22.6 Å². The molecule has 1 aromatic heterocycles. The third kappa shape index (κ3) is 6.43. The first-order chi connectivity index (χ1) is 21.5. The number of carboxylic acid groups (broad SMARTS) is 1. The van der Waals surface area contributed by atoms with Crippen LogP contribution in [0.4, 0.5) is 4.79 Å². The number of benzene rings is 3. The van der Waals surface area contributed by atoms with Gasteiger partial charge in [-0.1, -0.05) is 69.3 Å². The van der Waals surface area contributed by atoms with E-state index in [1.165, 1.54) is 12.0 Å². The van der Waals surface area contributed by atoms with Crippen LogP contribution in [0.3, 0.4) is 0 Å². The maximum atomic E-state index is 14.8. The zero-order chi connectivity index (χ0) is 32.3. The molecule has 5 rings (SSSR count). The molecule has 45 heavy (non-hydrogen) atoms. The van der Waals surface area contributed by atoms with Gasteiger partial charge >= 0.3 is 12.1 Å². The fraction of sp³-hybridized carbons (Fsp3) is 0.306. The summed E-state index contributed by atoms with van der Waals surface area (Å²) in [5, 5.41) is 10.2. The summed E-state index contributed by atoms with van der Waals surface area (Å²) in [5.41, 5.74) is 3.91. The van der Waals surface area contributed by atoms with E-state index in [1.807, 2.05) is 94.4 Å². The maximum Gasteiger partial charge on any atom is 0.407 e. The zero-order valence-corrected chi connectivity index (χ0v) is 26.3. The highest BCUT2D eigenvalue weighted by molar-refractivity contribution is 6.01. The number of piperazine rings is 1. The second kappa shape index (κ2) is 12.9. The van der Waals surface area contributed by atoms with Gasteiger partial charge in [-0.05, 0) is 60.4 Å². The number of esters is 1. The predicted octanol–water partition coefficient (Wildman–Crippen LogP) is 6.54. The van der Waals surface area contributed by atoms with Gasteiger partial charge in [0.05, 0.1) is 36.0 Å². The Morgan fingerprint density at radius 1 is 0.867 bits per heavy atom. The van der Waals surface area contributed by atoms with E-state index in [2.05, 4.69) is 4.57 Å². The van der Waals surface area contributed by atoms with Crippen LogP contribution < -0.4 is 4.74 Å². The molecule has 1 fully saturated rings. The number of amides is 2. The van der Waals surface area contributed by atoms with Gasteiger partial charge in [-0.2, -0.15) is 0 Å². The number of para-hydroxylation sites is 1. The number of ether oxygens (including phenoxy) is 2. The molecule has 2 atom stereocenters. The molecule has 4 aromatic rings. The van der Waals surface area contributed by atoms with Crippen LogP contribution in [0.15, 0.2) is 91.0 Å². The number of rotatable bonds is 7. The van der Waals surface area contributed by atoms with Gasteiger partial charge in [-0.15, -0.1) is 0 Å². The Kier molecular flexibility index (Phi) is 8.99. The standard InChI is InChI=1S/C36H39N3O6/c1-24-22-29(31(25-12-8-6-9-13-25)39(24)27-14-10-7-11-15-27)33(40)37-20-21-38(35(42)43)32(36(2,3)4)30(37)23-45-28-18-16-26(17-19-28)34(41)44-5/h6-19,22,30,32H,20-21,23H2,1-5H3,(H,42,43). The van der Waals surface area contributed by atoms with Crippen LogP contribution in [0.5, 0.6) is 5.75 Å². The molecule has 0 radical (unpaired) electrons. The summed E-state index contributed by atoms with van der Waals surface area (Å²) in [6.07, 6.45) is -1.04. The second-order valence-corrected chi connectivity index (χ2v) is 12.3. The van der Waals surface area contributed by atoms with Gasteiger partial charge in [0.15, 0.2) is 0 Å².